The van der Waals surface area contributed by atoms with E-state index < -0.39 is 26.2 Å². The Balaban J connectivity index is 1.85. The lowest BCUT2D eigenvalue weighted by atomic mass is 10.2. The van der Waals surface area contributed by atoms with Crippen LogP contribution in [0.5, 0.6) is 0 Å². The number of benzene rings is 2. The van der Waals surface area contributed by atoms with E-state index in [1.54, 1.807) is 55.1 Å². The van der Waals surface area contributed by atoms with E-state index in [1.165, 1.54) is 16.4 Å². The molecule has 0 N–H and O–H groups in total. The van der Waals surface area contributed by atoms with Crippen molar-refractivity contribution in [2.45, 2.75) is 43.7 Å². The first kappa shape index (κ1) is 21.5. The maximum atomic E-state index is 13.0. The van der Waals surface area contributed by atoms with Gasteiger partial charge in [-0.15, -0.1) is 4.40 Å². The summed E-state index contributed by atoms with van der Waals surface area (Å²) in [4.78, 5) is 2.02. The summed E-state index contributed by atoms with van der Waals surface area (Å²) < 4.78 is 56.5. The van der Waals surface area contributed by atoms with Gasteiger partial charge < -0.3 is 4.90 Å². The second-order valence-electron chi connectivity index (χ2n) is 7.18. The smallest absolute Gasteiger partial charge is 0.283 e. The molecule has 1 aliphatic rings. The van der Waals surface area contributed by atoms with E-state index >= 15 is 0 Å². The first-order valence-electron chi connectivity index (χ1n) is 9.26. The number of hydrogen-bond acceptors (Lipinski definition) is 4. The Morgan fingerprint density at radius 1 is 0.862 bits per heavy atom. The Bertz CT molecular complexity index is 1120. The van der Waals surface area contributed by atoms with Gasteiger partial charge in [0.15, 0.2) is 0 Å². The van der Waals surface area contributed by atoms with Crippen LogP contribution in [0.4, 0.5) is 0 Å². The lowest BCUT2D eigenvalue weighted by molar-refractivity contribution is 0.301. The third-order valence-electron chi connectivity index (χ3n) is 5.04. The van der Waals surface area contributed by atoms with Crippen molar-refractivity contribution in [1.82, 2.24) is 9.21 Å². The van der Waals surface area contributed by atoms with Gasteiger partial charge in [0.1, 0.15) is 5.84 Å². The van der Waals surface area contributed by atoms with Crippen LogP contribution in [0.3, 0.4) is 0 Å². The molecule has 0 aromatic heterocycles. The minimum absolute atomic E-state index is 0.110. The third-order valence-corrected chi connectivity index (χ3v) is 8.39. The summed E-state index contributed by atoms with van der Waals surface area (Å²) in [7, 11) is -7.55. The molecule has 1 saturated heterocycles. The molecule has 0 saturated carbocycles. The fraction of sp³-hybridized carbons (Fsp3) is 0.350. The minimum atomic E-state index is -3.87. The number of nitrogens with zero attached hydrogens (tertiary/aromatic N) is 3. The Labute approximate surface area is 172 Å². The van der Waals surface area contributed by atoms with Crippen LogP contribution in [0.1, 0.15) is 25.0 Å². The Morgan fingerprint density at radius 2 is 1.34 bits per heavy atom. The monoisotopic (exact) mass is 435 g/mol. The van der Waals surface area contributed by atoms with E-state index in [4.69, 9.17) is 0 Å². The molecular formula is C20H25N3O4S2. The molecule has 0 radical (unpaired) electrons. The molecule has 0 bridgehead atoms. The molecule has 1 atom stereocenters. The van der Waals surface area contributed by atoms with Crippen molar-refractivity contribution < 1.29 is 16.8 Å². The first-order valence-corrected chi connectivity index (χ1v) is 12.1. The largest absolute Gasteiger partial charge is 0.342 e. The second kappa shape index (κ2) is 7.89. The molecule has 29 heavy (non-hydrogen) atoms. The molecule has 1 heterocycles. The van der Waals surface area contributed by atoms with Crippen LogP contribution >= 0.6 is 0 Å². The van der Waals surface area contributed by atoms with Gasteiger partial charge >= 0.3 is 0 Å². The summed E-state index contributed by atoms with van der Waals surface area (Å²) in [6.45, 7) is 7.71. The van der Waals surface area contributed by atoms with Crippen LogP contribution in [0.2, 0.25) is 0 Å². The van der Waals surface area contributed by atoms with Gasteiger partial charge in [-0.2, -0.15) is 12.7 Å². The summed E-state index contributed by atoms with van der Waals surface area (Å²) in [6.07, 6.45) is -0.543. The molecule has 2 aromatic carbocycles. The predicted molar refractivity (Wildman–Crippen MR) is 113 cm³/mol. The molecule has 0 unspecified atom stereocenters. The van der Waals surface area contributed by atoms with E-state index in [0.717, 1.165) is 11.1 Å². The van der Waals surface area contributed by atoms with Crippen molar-refractivity contribution in [3.05, 3.63) is 59.7 Å². The molecule has 0 amide bonds. The zero-order valence-corrected chi connectivity index (χ0v) is 18.5. The van der Waals surface area contributed by atoms with Crippen LogP contribution < -0.4 is 0 Å². The minimum Gasteiger partial charge on any atom is -0.342 e. The fourth-order valence-corrected chi connectivity index (χ4v) is 5.95. The number of rotatable bonds is 4. The number of aryl methyl sites for hydroxylation is 2. The zero-order valence-electron chi connectivity index (χ0n) is 16.9. The van der Waals surface area contributed by atoms with Gasteiger partial charge in [-0.05, 0) is 52.0 Å². The van der Waals surface area contributed by atoms with E-state index in [2.05, 4.69) is 4.40 Å². The Kier molecular flexibility index (Phi) is 5.84. The van der Waals surface area contributed by atoms with E-state index in [-0.39, 0.29) is 22.2 Å². The molecule has 3 rings (SSSR count). The quantitative estimate of drug-likeness (QED) is 0.544. The molecule has 0 spiro atoms. The molecule has 1 aliphatic heterocycles. The molecule has 156 valence electrons. The highest BCUT2D eigenvalue weighted by Crippen LogP contribution is 2.25. The summed E-state index contributed by atoms with van der Waals surface area (Å²) >= 11 is 0. The number of amidine groups is 1. The summed E-state index contributed by atoms with van der Waals surface area (Å²) in [5.41, 5.74) is 1.93. The fourth-order valence-electron chi connectivity index (χ4n) is 3.32. The topological polar surface area (TPSA) is 87.1 Å². The van der Waals surface area contributed by atoms with Crippen LogP contribution in [0.25, 0.3) is 0 Å². The summed E-state index contributed by atoms with van der Waals surface area (Å²) in [6, 6.07) is 13.1. The van der Waals surface area contributed by atoms with Gasteiger partial charge in [0.05, 0.1) is 16.0 Å². The van der Waals surface area contributed by atoms with Crippen LogP contribution in [-0.2, 0) is 20.0 Å². The van der Waals surface area contributed by atoms with Gasteiger partial charge in [0.2, 0.25) is 10.0 Å². The van der Waals surface area contributed by atoms with Gasteiger partial charge in [0.25, 0.3) is 10.0 Å². The molecule has 0 aliphatic carbocycles. The first-order chi connectivity index (χ1) is 13.5. The van der Waals surface area contributed by atoms with Crippen molar-refractivity contribution in [2.75, 3.05) is 13.1 Å². The van der Waals surface area contributed by atoms with Crippen molar-refractivity contribution in [3.8, 4) is 0 Å². The van der Waals surface area contributed by atoms with Crippen LogP contribution in [0, 0.1) is 13.8 Å². The van der Waals surface area contributed by atoms with Gasteiger partial charge in [0, 0.05) is 13.1 Å². The zero-order chi connectivity index (χ0) is 21.4. The molecule has 1 fully saturated rings. The van der Waals surface area contributed by atoms with Crippen molar-refractivity contribution in [1.29, 1.82) is 0 Å². The van der Waals surface area contributed by atoms with E-state index in [0.29, 0.717) is 6.54 Å². The second-order valence-corrected chi connectivity index (χ2v) is 10.7. The lowest BCUT2D eigenvalue weighted by Crippen LogP contribution is -2.41. The van der Waals surface area contributed by atoms with Crippen molar-refractivity contribution in [2.24, 2.45) is 4.40 Å². The summed E-state index contributed by atoms with van der Waals surface area (Å²) in [5.74, 6) is 0.264. The average molecular weight is 436 g/mol. The molecular weight excluding hydrogens is 410 g/mol. The molecule has 7 nitrogen and oxygen atoms in total. The van der Waals surface area contributed by atoms with E-state index in [9.17, 15) is 16.8 Å². The number of hydrogen-bond donors (Lipinski definition) is 0. The molecule has 2 aromatic rings. The van der Waals surface area contributed by atoms with E-state index in [1.807, 2.05) is 13.8 Å². The van der Waals surface area contributed by atoms with Crippen molar-refractivity contribution >= 4 is 25.9 Å². The highest BCUT2D eigenvalue weighted by molar-refractivity contribution is 7.90. The van der Waals surface area contributed by atoms with Crippen LogP contribution in [0.15, 0.2) is 62.7 Å². The maximum Gasteiger partial charge on any atom is 0.283 e. The standard InChI is InChI=1S/C20H25N3O4S2/c1-15-5-9-19(10-6-15)28(24,25)21-17(3)22-13-14-23(18(22)4)29(26,27)20-11-7-16(2)8-12-20/h5-12,18H,13-14H2,1-4H3/t18-/m1/s1. The Hall–Kier alpha value is -2.23. The van der Waals surface area contributed by atoms with Gasteiger partial charge in [-0.1, -0.05) is 35.4 Å². The van der Waals surface area contributed by atoms with Gasteiger partial charge in [-0.3, -0.25) is 0 Å². The lowest BCUT2D eigenvalue weighted by Gasteiger charge is -2.27. The highest BCUT2D eigenvalue weighted by Gasteiger charge is 2.38. The van der Waals surface area contributed by atoms with Gasteiger partial charge in [-0.25, -0.2) is 8.42 Å². The van der Waals surface area contributed by atoms with Crippen LogP contribution in [-0.4, -0.2) is 51.1 Å². The normalized spacial score (nSPS) is 19.0. The number of sulfonamides is 2. The third kappa shape index (κ3) is 4.36. The predicted octanol–water partition coefficient (Wildman–Crippen LogP) is 2.76. The summed E-state index contributed by atoms with van der Waals surface area (Å²) in [5, 5.41) is 0. The molecule has 9 heteroatoms. The maximum absolute atomic E-state index is 13.0. The Morgan fingerprint density at radius 3 is 1.86 bits per heavy atom. The SMILES string of the molecule is CC(=NS(=O)(=O)c1ccc(C)cc1)N1CCN(S(=O)(=O)c2ccc(C)cc2)[C@@H]1C. The average Bonchev–Trinajstić information content (AvgIpc) is 3.04. The highest BCUT2D eigenvalue weighted by atomic mass is 32.2. The van der Waals surface area contributed by atoms with Crippen molar-refractivity contribution in [3.63, 3.8) is 0 Å².